The van der Waals surface area contributed by atoms with Crippen LogP contribution in [0.3, 0.4) is 0 Å². The maximum atomic E-state index is 13.2. The summed E-state index contributed by atoms with van der Waals surface area (Å²) in [7, 11) is 0. The summed E-state index contributed by atoms with van der Waals surface area (Å²) in [5, 5.41) is 14.8. The molecule has 0 heterocycles. The number of hydrogen-bond donors (Lipinski definition) is 3. The van der Waals surface area contributed by atoms with Crippen molar-refractivity contribution >= 4 is 35.4 Å². The Kier molecular flexibility index (Phi) is 19.7. The van der Waals surface area contributed by atoms with E-state index in [4.69, 9.17) is 30.5 Å². The first-order valence-electron chi connectivity index (χ1n) is 16.5. The Morgan fingerprint density at radius 1 is 0.646 bits per heavy atom. The van der Waals surface area contributed by atoms with Crippen molar-refractivity contribution in [1.82, 2.24) is 10.6 Å². The fourth-order valence-corrected chi connectivity index (χ4v) is 6.84. The first kappa shape index (κ1) is 39.3. The highest BCUT2D eigenvalue weighted by molar-refractivity contribution is 8.00. The maximum Gasteiger partial charge on any atom is 0.405 e. The average molecular weight is 701 g/mol. The number of carboxylic acid groups (broad SMARTS) is 1. The van der Waals surface area contributed by atoms with Crippen LogP contribution < -0.4 is 10.6 Å². The van der Waals surface area contributed by atoms with E-state index in [0.717, 1.165) is 54.9 Å². The minimum atomic E-state index is -1.26. The maximum absolute atomic E-state index is 13.2. The van der Waals surface area contributed by atoms with E-state index in [-0.39, 0.29) is 18.9 Å². The van der Waals surface area contributed by atoms with E-state index in [9.17, 15) is 14.7 Å². The summed E-state index contributed by atoms with van der Waals surface area (Å²) >= 11 is 7.19. The van der Waals surface area contributed by atoms with Crippen LogP contribution in [-0.2, 0) is 28.5 Å². The second-order valence-electron chi connectivity index (χ2n) is 10.9. The van der Waals surface area contributed by atoms with Crippen molar-refractivity contribution in [2.75, 3.05) is 71.0 Å². The summed E-state index contributed by atoms with van der Waals surface area (Å²) in [6, 6.07) is 29.2. The molecule has 2 amide bonds. The molecule has 262 valence electrons. The first-order chi connectivity index (χ1) is 23.6. The van der Waals surface area contributed by atoms with Gasteiger partial charge in [-0.05, 0) is 29.5 Å². The summed E-state index contributed by atoms with van der Waals surface area (Å²) in [4.78, 5) is 25.0. The highest BCUT2D eigenvalue weighted by atomic mass is 35.5. The number of nitrogens with one attached hydrogen (secondary N) is 2. The third kappa shape index (κ3) is 14.2. The third-order valence-electron chi connectivity index (χ3n) is 7.46. The van der Waals surface area contributed by atoms with Gasteiger partial charge in [-0.1, -0.05) is 104 Å². The SMILES string of the molecule is O=C(O)NC(CSC(c1ccccc1)(c1ccccc1)c1ccccc1)C(=O)NCCOCCOCCOCCOCCCCCCCl. The lowest BCUT2D eigenvalue weighted by Crippen LogP contribution is -2.49. The molecule has 1 atom stereocenters. The molecule has 48 heavy (non-hydrogen) atoms. The summed E-state index contributed by atoms with van der Waals surface area (Å²) < 4.78 is 21.5. The average Bonchev–Trinajstić information content (AvgIpc) is 3.12. The number of thioether (sulfide) groups is 1. The van der Waals surface area contributed by atoms with Crippen LogP contribution in [0.4, 0.5) is 4.79 Å². The molecule has 0 aliphatic heterocycles. The summed E-state index contributed by atoms with van der Waals surface area (Å²) in [6.07, 6.45) is 3.11. The molecule has 9 nitrogen and oxygen atoms in total. The minimum absolute atomic E-state index is 0.189. The van der Waals surface area contributed by atoms with Crippen molar-refractivity contribution in [3.05, 3.63) is 108 Å². The fraction of sp³-hybridized carbons (Fsp3) is 0.459. The van der Waals surface area contributed by atoms with E-state index < -0.39 is 22.8 Å². The molecule has 11 heteroatoms. The zero-order chi connectivity index (χ0) is 34.1. The molecule has 0 saturated heterocycles. The van der Waals surface area contributed by atoms with Gasteiger partial charge in [0.15, 0.2) is 0 Å². The Morgan fingerprint density at radius 2 is 1.08 bits per heavy atom. The van der Waals surface area contributed by atoms with Crippen LogP contribution in [0.5, 0.6) is 0 Å². The molecule has 0 bridgehead atoms. The molecule has 0 fully saturated rings. The van der Waals surface area contributed by atoms with Gasteiger partial charge in [0.25, 0.3) is 0 Å². The van der Waals surface area contributed by atoms with Crippen molar-refractivity contribution in [1.29, 1.82) is 0 Å². The standard InChI is InChI=1S/C37H49ClN2O7S/c38-20-12-1-2-13-22-44-24-26-46-28-29-47-27-25-45-23-21-39-35(41)34(40-36(42)43)30-48-37(31-14-6-3-7-15-31,32-16-8-4-9-17-32)33-18-10-5-11-19-33/h3-11,14-19,34,40H,1-2,12-13,20-30H2,(H,39,41)(H,42,43). The third-order valence-corrected chi connectivity index (χ3v) is 9.36. The molecule has 0 aromatic heterocycles. The highest BCUT2D eigenvalue weighted by Crippen LogP contribution is 2.48. The van der Waals surface area contributed by atoms with Crippen LogP contribution in [-0.4, -0.2) is 94.2 Å². The monoisotopic (exact) mass is 700 g/mol. The Labute approximate surface area is 294 Å². The number of unbranched alkanes of at least 4 members (excludes halogenated alkanes) is 3. The molecule has 0 spiro atoms. The van der Waals surface area contributed by atoms with Gasteiger partial charge in [-0.3, -0.25) is 4.79 Å². The minimum Gasteiger partial charge on any atom is -0.465 e. The predicted molar refractivity (Wildman–Crippen MR) is 192 cm³/mol. The number of carbonyl (C=O) groups is 2. The molecule has 3 rings (SSSR count). The number of amides is 2. The molecule has 3 aromatic rings. The second kappa shape index (κ2) is 24.1. The number of carbonyl (C=O) groups excluding carboxylic acids is 1. The number of hydrogen-bond acceptors (Lipinski definition) is 7. The van der Waals surface area contributed by atoms with E-state index in [1.807, 2.05) is 54.6 Å². The van der Waals surface area contributed by atoms with Crippen LogP contribution in [0.15, 0.2) is 91.0 Å². The largest absolute Gasteiger partial charge is 0.465 e. The molecule has 3 N–H and O–H groups in total. The van der Waals surface area contributed by atoms with Crippen molar-refractivity contribution < 1.29 is 33.6 Å². The van der Waals surface area contributed by atoms with Crippen LogP contribution >= 0.6 is 23.4 Å². The zero-order valence-corrected chi connectivity index (χ0v) is 29.1. The van der Waals surface area contributed by atoms with Crippen molar-refractivity contribution in [3.8, 4) is 0 Å². The van der Waals surface area contributed by atoms with Crippen molar-refractivity contribution in [2.45, 2.75) is 36.5 Å². The summed E-state index contributed by atoms with van der Waals surface area (Å²) in [6.45, 7) is 4.04. The molecule has 0 saturated carbocycles. The van der Waals surface area contributed by atoms with Gasteiger partial charge in [0.1, 0.15) is 6.04 Å². The molecule has 0 aliphatic carbocycles. The molecular formula is C37H49ClN2O7S. The van der Waals surface area contributed by atoms with Crippen molar-refractivity contribution in [2.24, 2.45) is 0 Å². The van der Waals surface area contributed by atoms with Gasteiger partial charge in [0.2, 0.25) is 5.91 Å². The Hall–Kier alpha value is -3.12. The van der Waals surface area contributed by atoms with Gasteiger partial charge < -0.3 is 34.7 Å². The lowest BCUT2D eigenvalue weighted by Gasteiger charge is -2.36. The Morgan fingerprint density at radius 3 is 1.54 bits per heavy atom. The van der Waals surface area contributed by atoms with Crippen LogP contribution in [0.2, 0.25) is 0 Å². The lowest BCUT2D eigenvalue weighted by molar-refractivity contribution is -0.122. The Bertz CT molecular complexity index is 1180. The summed E-state index contributed by atoms with van der Waals surface area (Å²) in [5.41, 5.74) is 3.08. The van der Waals surface area contributed by atoms with E-state index in [2.05, 4.69) is 47.0 Å². The number of halogens is 1. The van der Waals surface area contributed by atoms with Gasteiger partial charge in [-0.2, -0.15) is 0 Å². The normalized spacial score (nSPS) is 12.0. The van der Waals surface area contributed by atoms with E-state index >= 15 is 0 Å². The molecule has 0 aliphatic rings. The van der Waals surface area contributed by atoms with Crippen LogP contribution in [0.25, 0.3) is 0 Å². The van der Waals surface area contributed by atoms with E-state index in [1.54, 1.807) is 0 Å². The van der Waals surface area contributed by atoms with Crippen LogP contribution in [0.1, 0.15) is 42.4 Å². The van der Waals surface area contributed by atoms with Gasteiger partial charge in [-0.15, -0.1) is 23.4 Å². The molecule has 0 radical (unpaired) electrons. The number of alkyl halides is 1. The van der Waals surface area contributed by atoms with Gasteiger partial charge in [-0.25, -0.2) is 4.79 Å². The number of ether oxygens (including phenoxy) is 4. The van der Waals surface area contributed by atoms with Gasteiger partial charge in [0.05, 0.1) is 51.0 Å². The van der Waals surface area contributed by atoms with Gasteiger partial charge in [0, 0.05) is 24.8 Å². The predicted octanol–water partition coefficient (Wildman–Crippen LogP) is 6.33. The quantitative estimate of drug-likeness (QED) is 0.0506. The number of rotatable bonds is 26. The topological polar surface area (TPSA) is 115 Å². The van der Waals surface area contributed by atoms with E-state index in [1.165, 1.54) is 11.8 Å². The first-order valence-corrected chi connectivity index (χ1v) is 18.0. The lowest BCUT2D eigenvalue weighted by atomic mass is 9.84. The molecule has 1 unspecified atom stereocenters. The number of benzene rings is 3. The fourth-order valence-electron chi connectivity index (χ4n) is 5.09. The molecular weight excluding hydrogens is 652 g/mol. The van der Waals surface area contributed by atoms with Gasteiger partial charge >= 0.3 is 6.09 Å². The molecule has 3 aromatic carbocycles. The summed E-state index contributed by atoms with van der Waals surface area (Å²) in [5.74, 6) is 0.493. The smallest absolute Gasteiger partial charge is 0.405 e. The highest BCUT2D eigenvalue weighted by Gasteiger charge is 2.38. The van der Waals surface area contributed by atoms with E-state index in [0.29, 0.717) is 39.6 Å². The van der Waals surface area contributed by atoms with Crippen LogP contribution in [0, 0.1) is 0 Å². The van der Waals surface area contributed by atoms with Crippen molar-refractivity contribution in [3.63, 3.8) is 0 Å². The second-order valence-corrected chi connectivity index (χ2v) is 12.5. The zero-order valence-electron chi connectivity index (χ0n) is 27.5. The Balaban J connectivity index is 1.42.